The maximum Gasteiger partial charge on any atom is 0.484 e. The summed E-state index contributed by atoms with van der Waals surface area (Å²) in [5, 5.41) is 0. The van der Waals surface area contributed by atoms with Crippen LogP contribution in [0.15, 0.2) is 12.2 Å². The van der Waals surface area contributed by atoms with Gasteiger partial charge in [-0.25, -0.2) is 4.79 Å². The Labute approximate surface area is 149 Å². The van der Waals surface area contributed by atoms with E-state index in [0.29, 0.717) is 49.8 Å². The van der Waals surface area contributed by atoms with Crippen LogP contribution >= 0.6 is 0 Å². The second-order valence-corrected chi connectivity index (χ2v) is 8.82. The number of ether oxygens (including phenoxy) is 1. The molecule has 0 aliphatic carbocycles. The zero-order valence-corrected chi connectivity index (χ0v) is 17.5. The number of hydrogen-bond donors (Lipinski definition) is 0. The molecule has 6 heteroatoms. The summed E-state index contributed by atoms with van der Waals surface area (Å²) in [7, 11) is -2.07. The Morgan fingerprint density at radius 3 is 1.92 bits per heavy atom. The second-order valence-electron chi connectivity index (χ2n) is 7.24. The Hall–Kier alpha value is -0.693. The Balaban J connectivity index is 3.98. The van der Waals surface area contributed by atoms with Gasteiger partial charge in [-0.05, 0) is 37.5 Å². The summed E-state index contributed by atoms with van der Waals surface area (Å²) >= 11 is 0. The van der Waals surface area contributed by atoms with Gasteiger partial charge < -0.3 is 18.0 Å². The molecule has 142 valence electrons. The molecule has 0 spiro atoms. The minimum absolute atomic E-state index is 0.324. The number of hydrogen-bond acceptors (Lipinski definition) is 5. The first-order chi connectivity index (χ1) is 11.2. The van der Waals surface area contributed by atoms with Crippen molar-refractivity contribution in [1.82, 2.24) is 0 Å². The molecular weight excluding hydrogens is 324 g/mol. The van der Waals surface area contributed by atoms with Gasteiger partial charge in [0.25, 0.3) is 0 Å². The van der Waals surface area contributed by atoms with E-state index in [1.165, 1.54) is 0 Å². The topological polar surface area (TPSA) is 54.0 Å². The zero-order chi connectivity index (χ0) is 18.5. The highest BCUT2D eigenvalue weighted by atomic mass is 28.3. The molecule has 24 heavy (non-hydrogen) atoms. The number of rotatable bonds is 14. The van der Waals surface area contributed by atoms with Crippen molar-refractivity contribution in [2.75, 3.05) is 26.4 Å². The quantitative estimate of drug-likeness (QED) is 0.205. The van der Waals surface area contributed by atoms with Gasteiger partial charge in [0.1, 0.15) is 0 Å². The van der Waals surface area contributed by atoms with Gasteiger partial charge in [0, 0.05) is 25.4 Å². The van der Waals surface area contributed by atoms with Gasteiger partial charge in [-0.3, -0.25) is 0 Å². The average molecular weight is 361 g/mol. The van der Waals surface area contributed by atoms with Crippen molar-refractivity contribution in [2.24, 2.45) is 17.8 Å². The van der Waals surface area contributed by atoms with E-state index < -0.39 is 9.53 Å². The van der Waals surface area contributed by atoms with Crippen molar-refractivity contribution in [3.8, 4) is 0 Å². The van der Waals surface area contributed by atoms with Crippen molar-refractivity contribution in [3.05, 3.63) is 12.2 Å². The minimum Gasteiger partial charge on any atom is -0.462 e. The van der Waals surface area contributed by atoms with Crippen molar-refractivity contribution in [1.29, 1.82) is 0 Å². The van der Waals surface area contributed by atoms with Gasteiger partial charge in [-0.15, -0.1) is 0 Å². The molecule has 0 bridgehead atoms. The fourth-order valence-electron chi connectivity index (χ4n) is 1.73. The molecule has 1 unspecified atom stereocenters. The average Bonchev–Trinajstić information content (AvgIpc) is 2.49. The smallest absolute Gasteiger partial charge is 0.462 e. The molecule has 0 aromatic heterocycles. The summed E-state index contributed by atoms with van der Waals surface area (Å²) in [5.41, 5.74) is 0.435. The van der Waals surface area contributed by atoms with Crippen LogP contribution in [0, 0.1) is 17.8 Å². The third kappa shape index (κ3) is 13.7. The van der Waals surface area contributed by atoms with Crippen LogP contribution < -0.4 is 0 Å². The molecule has 0 amide bonds. The van der Waals surface area contributed by atoms with Crippen molar-refractivity contribution < 1.29 is 22.8 Å². The lowest BCUT2D eigenvalue weighted by Crippen LogP contribution is -2.32. The second kappa shape index (κ2) is 13.6. The molecule has 0 aromatic carbocycles. The first kappa shape index (κ1) is 23.3. The van der Waals surface area contributed by atoms with E-state index >= 15 is 0 Å². The van der Waals surface area contributed by atoms with Crippen molar-refractivity contribution in [2.45, 2.75) is 54.4 Å². The number of carbonyl (C=O) groups excluding carboxylic acids is 1. The summed E-state index contributed by atoms with van der Waals surface area (Å²) in [4.78, 5) is 11.3. The van der Waals surface area contributed by atoms with Crippen LogP contribution in [0.1, 0.15) is 54.4 Å². The normalized spacial score (nSPS) is 12.9. The third-order valence-electron chi connectivity index (χ3n) is 3.07. The minimum atomic E-state index is -2.07. The molecule has 0 heterocycles. The Morgan fingerprint density at radius 2 is 1.46 bits per heavy atom. The van der Waals surface area contributed by atoms with Crippen LogP contribution in [0.5, 0.6) is 0 Å². The maximum atomic E-state index is 11.3. The predicted molar refractivity (Wildman–Crippen MR) is 98.9 cm³/mol. The van der Waals surface area contributed by atoms with Gasteiger partial charge in [-0.1, -0.05) is 41.2 Å². The fourth-order valence-corrected chi connectivity index (χ4v) is 3.59. The zero-order valence-electron chi connectivity index (χ0n) is 16.3. The predicted octanol–water partition coefficient (Wildman–Crippen LogP) is 3.60. The van der Waals surface area contributed by atoms with Crippen LogP contribution in [0.2, 0.25) is 0 Å². The summed E-state index contributed by atoms with van der Waals surface area (Å²) in [6.07, 6.45) is 1.74. The molecular formula is C18H36O5Si. The summed E-state index contributed by atoms with van der Waals surface area (Å²) in [6, 6.07) is 0. The van der Waals surface area contributed by atoms with E-state index in [2.05, 4.69) is 41.2 Å². The summed E-state index contributed by atoms with van der Waals surface area (Å²) in [5.74, 6) is 0.975. The van der Waals surface area contributed by atoms with Crippen LogP contribution in [-0.4, -0.2) is 41.9 Å². The Bertz CT molecular complexity index is 345. The van der Waals surface area contributed by atoms with E-state index in [4.69, 9.17) is 18.0 Å². The third-order valence-corrected chi connectivity index (χ3v) is 4.46. The van der Waals surface area contributed by atoms with E-state index in [1.807, 2.05) is 0 Å². The molecule has 0 aliphatic heterocycles. The van der Waals surface area contributed by atoms with Gasteiger partial charge >= 0.3 is 15.5 Å². The van der Waals surface area contributed by atoms with Gasteiger partial charge in [0.05, 0.1) is 6.61 Å². The molecule has 5 nitrogen and oxygen atoms in total. The van der Waals surface area contributed by atoms with Crippen LogP contribution in [0.3, 0.4) is 0 Å². The van der Waals surface area contributed by atoms with E-state index in [-0.39, 0.29) is 5.97 Å². The molecule has 0 N–H and O–H groups in total. The lowest BCUT2D eigenvalue weighted by Gasteiger charge is -2.21. The first-order valence-electron chi connectivity index (χ1n) is 8.89. The van der Waals surface area contributed by atoms with Gasteiger partial charge in [-0.2, -0.15) is 0 Å². The van der Waals surface area contributed by atoms with Crippen LogP contribution in [0.25, 0.3) is 0 Å². The number of carbonyl (C=O) groups is 1. The molecule has 1 atom stereocenters. The maximum absolute atomic E-state index is 11.3. The molecule has 0 aliphatic rings. The molecule has 0 fully saturated rings. The SMILES string of the molecule is C=C(C)C(=O)OCCCC(C)CO[SiH](OCC(C)C)OCC(C)C. The highest BCUT2D eigenvalue weighted by Crippen LogP contribution is 2.09. The van der Waals surface area contributed by atoms with Gasteiger partial charge in [0.2, 0.25) is 0 Å². The van der Waals surface area contributed by atoms with E-state index in [9.17, 15) is 4.79 Å². The molecule has 0 aromatic rings. The fraction of sp³-hybridized carbons (Fsp3) is 0.833. The van der Waals surface area contributed by atoms with E-state index in [1.54, 1.807) is 6.92 Å². The Morgan fingerprint density at radius 1 is 0.958 bits per heavy atom. The molecule has 0 rings (SSSR count). The lowest BCUT2D eigenvalue weighted by molar-refractivity contribution is -0.139. The largest absolute Gasteiger partial charge is 0.484 e. The molecule has 0 saturated heterocycles. The van der Waals surface area contributed by atoms with E-state index in [0.717, 1.165) is 12.8 Å². The highest BCUT2D eigenvalue weighted by molar-refractivity contribution is 6.36. The van der Waals surface area contributed by atoms with Gasteiger partial charge in [0.15, 0.2) is 0 Å². The monoisotopic (exact) mass is 360 g/mol. The standard InChI is InChI=1S/C18H36O5Si/c1-14(2)11-21-24(22-12-15(3)4)23-13-17(7)9-8-10-20-18(19)16(5)6/h14-15,17,24H,5,8-13H2,1-4,6-7H3. The van der Waals surface area contributed by atoms with Crippen LogP contribution in [0.4, 0.5) is 0 Å². The summed E-state index contributed by atoms with van der Waals surface area (Å²) < 4.78 is 22.6. The Kier molecular flexibility index (Phi) is 13.2. The number of esters is 1. The van der Waals surface area contributed by atoms with Crippen LogP contribution in [-0.2, 0) is 22.8 Å². The van der Waals surface area contributed by atoms with Crippen molar-refractivity contribution in [3.63, 3.8) is 0 Å². The molecule has 0 radical (unpaired) electrons. The summed E-state index contributed by atoms with van der Waals surface area (Å²) in [6.45, 7) is 18.2. The van der Waals surface area contributed by atoms with Crippen molar-refractivity contribution >= 4 is 15.5 Å². The first-order valence-corrected chi connectivity index (χ1v) is 10.3. The lowest BCUT2D eigenvalue weighted by atomic mass is 10.1. The molecule has 0 saturated carbocycles. The highest BCUT2D eigenvalue weighted by Gasteiger charge is 2.18.